The summed E-state index contributed by atoms with van der Waals surface area (Å²) < 4.78 is 0. The van der Waals surface area contributed by atoms with Gasteiger partial charge in [-0.1, -0.05) is 23.8 Å². The smallest absolute Gasteiger partial charge is 0.264 e. The first-order valence-electron chi connectivity index (χ1n) is 12.1. The van der Waals surface area contributed by atoms with E-state index in [0.29, 0.717) is 24.2 Å². The third kappa shape index (κ3) is 4.99. The molecule has 2 fully saturated rings. The van der Waals surface area contributed by atoms with Crippen LogP contribution in [-0.2, 0) is 4.79 Å². The maximum Gasteiger partial charge on any atom is 0.264 e. The highest BCUT2D eigenvalue weighted by molar-refractivity contribution is 6.02. The fourth-order valence-electron chi connectivity index (χ4n) is 4.78. The van der Waals surface area contributed by atoms with Gasteiger partial charge >= 0.3 is 0 Å². The monoisotopic (exact) mass is 462 g/mol. The van der Waals surface area contributed by atoms with E-state index in [2.05, 4.69) is 5.32 Å². The van der Waals surface area contributed by atoms with Crippen LogP contribution in [0.4, 0.5) is 0 Å². The number of hydrogen-bond donors (Lipinski definition) is 2. The molecule has 1 aliphatic heterocycles. The van der Waals surface area contributed by atoms with Crippen LogP contribution in [0.15, 0.2) is 42.5 Å². The van der Waals surface area contributed by atoms with Crippen molar-refractivity contribution in [1.29, 1.82) is 0 Å². The number of hydrogen-bond acceptors (Lipinski definition) is 4. The lowest BCUT2D eigenvalue weighted by Gasteiger charge is -2.33. The first-order chi connectivity index (χ1) is 16.2. The zero-order chi connectivity index (χ0) is 24.4. The molecule has 1 aliphatic carbocycles. The van der Waals surface area contributed by atoms with Gasteiger partial charge in [-0.05, 0) is 81.8 Å². The number of nitrogens with two attached hydrogens (primary N) is 1. The molecule has 34 heavy (non-hydrogen) atoms. The Bertz CT molecular complexity index is 1070. The molecule has 3 N–H and O–H groups in total. The molecule has 1 heterocycles. The molecule has 3 amide bonds. The third-order valence-corrected chi connectivity index (χ3v) is 7.10. The van der Waals surface area contributed by atoms with Gasteiger partial charge in [0.05, 0.1) is 0 Å². The molecule has 1 unspecified atom stereocenters. The lowest BCUT2D eigenvalue weighted by atomic mass is 9.92. The van der Waals surface area contributed by atoms with E-state index < -0.39 is 6.17 Å². The van der Waals surface area contributed by atoms with Gasteiger partial charge in [-0.3, -0.25) is 14.4 Å². The van der Waals surface area contributed by atoms with Gasteiger partial charge in [0.1, 0.15) is 0 Å². The zero-order valence-corrected chi connectivity index (χ0v) is 20.2. The number of rotatable bonds is 4. The van der Waals surface area contributed by atoms with Gasteiger partial charge < -0.3 is 20.9 Å². The van der Waals surface area contributed by atoms with Crippen molar-refractivity contribution in [2.24, 2.45) is 5.73 Å². The van der Waals surface area contributed by atoms with Crippen molar-refractivity contribution in [2.75, 3.05) is 13.1 Å². The van der Waals surface area contributed by atoms with E-state index in [-0.39, 0.29) is 29.8 Å². The van der Waals surface area contributed by atoms with Crippen LogP contribution >= 0.6 is 0 Å². The molecule has 0 spiro atoms. The molecule has 180 valence electrons. The molecule has 2 aromatic carbocycles. The van der Waals surface area contributed by atoms with Crippen molar-refractivity contribution in [3.63, 3.8) is 0 Å². The Hall–Kier alpha value is -3.19. The molecular formula is C27H34N4O3. The van der Waals surface area contributed by atoms with Crippen LogP contribution in [0.3, 0.4) is 0 Å². The summed E-state index contributed by atoms with van der Waals surface area (Å²) in [6, 6.07) is 13.0. The molecule has 7 nitrogen and oxygen atoms in total. The topological polar surface area (TPSA) is 95.7 Å². The van der Waals surface area contributed by atoms with E-state index in [4.69, 9.17) is 5.73 Å². The standard InChI is InChI=1S/C27H34N4O3/c1-17-4-7-20(8-5-17)26(33)30-14-15-31(27(34)21-9-6-18(2)19(3)16-21)25(30)24(32)29-23-12-10-22(28)11-13-23/h4-9,16,22-23,25H,10-15,28H2,1-3H3,(H,29,32). The molecule has 4 rings (SSSR count). The highest BCUT2D eigenvalue weighted by Gasteiger charge is 2.43. The van der Waals surface area contributed by atoms with E-state index in [1.807, 2.05) is 45.0 Å². The summed E-state index contributed by atoms with van der Waals surface area (Å²) in [6.07, 6.45) is 2.33. The molecule has 0 radical (unpaired) electrons. The molecule has 2 aromatic rings. The van der Waals surface area contributed by atoms with Crippen LogP contribution in [0.5, 0.6) is 0 Å². The van der Waals surface area contributed by atoms with Crippen LogP contribution in [-0.4, -0.2) is 58.9 Å². The van der Waals surface area contributed by atoms with Gasteiger partial charge in [-0.25, -0.2) is 0 Å². The Labute approximate surface area is 201 Å². The van der Waals surface area contributed by atoms with Crippen molar-refractivity contribution in [3.05, 3.63) is 70.3 Å². The van der Waals surface area contributed by atoms with E-state index in [9.17, 15) is 14.4 Å². The van der Waals surface area contributed by atoms with Gasteiger partial charge in [0.25, 0.3) is 17.7 Å². The average Bonchev–Trinajstić information content (AvgIpc) is 3.27. The highest BCUT2D eigenvalue weighted by Crippen LogP contribution is 2.24. The number of aryl methyl sites for hydroxylation is 3. The second-order valence-electron chi connectivity index (χ2n) is 9.66. The fourth-order valence-corrected chi connectivity index (χ4v) is 4.78. The van der Waals surface area contributed by atoms with Crippen LogP contribution in [0.2, 0.25) is 0 Å². The van der Waals surface area contributed by atoms with Crippen molar-refractivity contribution in [2.45, 2.75) is 64.7 Å². The largest absolute Gasteiger partial charge is 0.350 e. The number of carbonyl (C=O) groups excluding carboxylic acids is 3. The Morgan fingerprint density at radius 2 is 1.35 bits per heavy atom. The summed E-state index contributed by atoms with van der Waals surface area (Å²) in [5, 5.41) is 3.10. The van der Waals surface area contributed by atoms with Gasteiger partial charge in [-0.2, -0.15) is 0 Å². The molecule has 1 atom stereocenters. The van der Waals surface area contributed by atoms with Crippen LogP contribution in [0, 0.1) is 20.8 Å². The predicted octanol–water partition coefficient (Wildman–Crippen LogP) is 2.92. The average molecular weight is 463 g/mol. The minimum Gasteiger partial charge on any atom is -0.350 e. The summed E-state index contributed by atoms with van der Waals surface area (Å²) in [5.41, 5.74) is 10.2. The van der Waals surface area contributed by atoms with E-state index in [0.717, 1.165) is 42.4 Å². The fraction of sp³-hybridized carbons (Fsp3) is 0.444. The third-order valence-electron chi connectivity index (χ3n) is 7.10. The molecular weight excluding hydrogens is 428 g/mol. The van der Waals surface area contributed by atoms with Gasteiger partial charge in [0.15, 0.2) is 6.17 Å². The number of nitrogens with one attached hydrogen (secondary N) is 1. The molecule has 2 aliphatic rings. The van der Waals surface area contributed by atoms with E-state index >= 15 is 0 Å². The van der Waals surface area contributed by atoms with Crippen LogP contribution in [0.25, 0.3) is 0 Å². The quantitative estimate of drug-likeness (QED) is 0.730. The maximum absolute atomic E-state index is 13.5. The second-order valence-corrected chi connectivity index (χ2v) is 9.66. The number of nitrogens with zero attached hydrogens (tertiary/aromatic N) is 2. The minimum atomic E-state index is -0.987. The summed E-state index contributed by atoms with van der Waals surface area (Å²) in [5.74, 6) is -0.801. The second kappa shape index (κ2) is 9.97. The van der Waals surface area contributed by atoms with Crippen molar-refractivity contribution in [1.82, 2.24) is 15.1 Å². The summed E-state index contributed by atoms with van der Waals surface area (Å²) >= 11 is 0. The molecule has 1 saturated carbocycles. The lowest BCUT2D eigenvalue weighted by molar-refractivity contribution is -0.129. The summed E-state index contributed by atoms with van der Waals surface area (Å²) in [6.45, 7) is 6.52. The highest BCUT2D eigenvalue weighted by atomic mass is 16.2. The molecule has 0 aromatic heterocycles. The molecule has 7 heteroatoms. The molecule has 0 bridgehead atoms. The van der Waals surface area contributed by atoms with E-state index in [1.165, 1.54) is 9.80 Å². The van der Waals surface area contributed by atoms with Gasteiger partial charge in [0, 0.05) is 36.3 Å². The summed E-state index contributed by atoms with van der Waals surface area (Å²) in [7, 11) is 0. The zero-order valence-electron chi connectivity index (χ0n) is 20.2. The van der Waals surface area contributed by atoms with Crippen molar-refractivity contribution in [3.8, 4) is 0 Å². The van der Waals surface area contributed by atoms with E-state index in [1.54, 1.807) is 18.2 Å². The van der Waals surface area contributed by atoms with Gasteiger partial charge in [0.2, 0.25) is 0 Å². The Morgan fingerprint density at radius 3 is 1.94 bits per heavy atom. The lowest BCUT2D eigenvalue weighted by Crippen LogP contribution is -2.56. The Balaban J connectivity index is 1.61. The molecule has 1 saturated heterocycles. The number of amides is 3. The van der Waals surface area contributed by atoms with Gasteiger partial charge in [-0.15, -0.1) is 0 Å². The normalized spacial score (nSPS) is 22.5. The van der Waals surface area contributed by atoms with Crippen LogP contribution in [0.1, 0.15) is 63.1 Å². The first-order valence-corrected chi connectivity index (χ1v) is 12.1. The summed E-state index contributed by atoms with van der Waals surface area (Å²) in [4.78, 5) is 43.5. The minimum absolute atomic E-state index is 0.00259. The SMILES string of the molecule is Cc1ccc(C(=O)N2CCN(C(=O)c3ccc(C)c(C)c3)C2C(=O)NC2CCC(N)CC2)cc1. The first kappa shape index (κ1) is 24.0. The maximum atomic E-state index is 13.5. The predicted molar refractivity (Wildman–Crippen MR) is 131 cm³/mol. The van der Waals surface area contributed by atoms with Crippen molar-refractivity contribution >= 4 is 17.7 Å². The van der Waals surface area contributed by atoms with Crippen LogP contribution < -0.4 is 11.1 Å². The van der Waals surface area contributed by atoms with Crippen molar-refractivity contribution < 1.29 is 14.4 Å². The Morgan fingerprint density at radius 1 is 0.794 bits per heavy atom. The number of carbonyl (C=O) groups is 3. The Kier molecular flexibility index (Phi) is 7.03. The number of benzene rings is 2.